The van der Waals surface area contributed by atoms with Crippen LogP contribution in [0.25, 0.3) is 6.08 Å². The summed E-state index contributed by atoms with van der Waals surface area (Å²) in [4.78, 5) is 26.4. The average molecular weight is 471 g/mol. The van der Waals surface area contributed by atoms with Crippen LogP contribution >= 0.6 is 35.6 Å². The number of hydrogen-bond donors (Lipinski definition) is 1. The van der Waals surface area contributed by atoms with E-state index in [4.69, 9.17) is 23.8 Å². The van der Waals surface area contributed by atoms with Gasteiger partial charge >= 0.3 is 6.18 Å². The van der Waals surface area contributed by atoms with Crippen LogP contribution in [0, 0.1) is 0 Å². The standard InChI is InChI=1S/C20H14ClF3N2O2S2/c21-13-7-5-12(6-8-13)11-16-18(28)26(19(29)30-16)10-9-17(27)25-15-4-2-1-3-14(15)20(22,23)24/h1-8,11H,9-10H2,(H,25,27)/b16-11-. The largest absolute Gasteiger partial charge is 0.418 e. The number of halogens is 4. The zero-order chi connectivity index (χ0) is 21.9. The molecular formula is C20H14ClF3N2O2S2. The second-order valence-electron chi connectivity index (χ2n) is 6.23. The van der Waals surface area contributed by atoms with Gasteiger partial charge in [0.05, 0.1) is 16.2 Å². The third-order valence-electron chi connectivity index (χ3n) is 4.11. The Bertz CT molecular complexity index is 1020. The highest BCUT2D eigenvalue weighted by Gasteiger charge is 2.34. The summed E-state index contributed by atoms with van der Waals surface area (Å²) in [6, 6.07) is 11.6. The van der Waals surface area contributed by atoms with Crippen molar-refractivity contribution in [3.8, 4) is 0 Å². The molecule has 1 fully saturated rings. The first kappa shape index (κ1) is 22.3. The number of carbonyl (C=O) groups excluding carboxylic acids is 2. The second kappa shape index (κ2) is 9.20. The van der Waals surface area contributed by atoms with Crippen molar-refractivity contribution in [2.75, 3.05) is 11.9 Å². The number of carbonyl (C=O) groups is 2. The number of amides is 2. The Morgan fingerprint density at radius 3 is 2.50 bits per heavy atom. The predicted molar refractivity (Wildman–Crippen MR) is 116 cm³/mol. The van der Waals surface area contributed by atoms with E-state index in [1.54, 1.807) is 30.3 Å². The lowest BCUT2D eigenvalue weighted by Gasteiger charge is -2.16. The van der Waals surface area contributed by atoms with Crippen molar-refractivity contribution < 1.29 is 22.8 Å². The van der Waals surface area contributed by atoms with Crippen molar-refractivity contribution in [1.29, 1.82) is 0 Å². The summed E-state index contributed by atoms with van der Waals surface area (Å²) in [5, 5.41) is 2.82. The lowest BCUT2D eigenvalue weighted by atomic mass is 10.1. The maximum absolute atomic E-state index is 13.0. The van der Waals surface area contributed by atoms with Gasteiger partial charge in [0.2, 0.25) is 5.91 Å². The minimum absolute atomic E-state index is 0.0390. The highest BCUT2D eigenvalue weighted by molar-refractivity contribution is 8.26. The summed E-state index contributed by atoms with van der Waals surface area (Å²) >= 11 is 12.2. The van der Waals surface area contributed by atoms with Gasteiger partial charge in [0.15, 0.2) is 0 Å². The molecule has 3 rings (SSSR count). The topological polar surface area (TPSA) is 49.4 Å². The molecule has 2 aromatic carbocycles. The quantitative estimate of drug-likeness (QED) is 0.457. The molecule has 10 heteroatoms. The lowest BCUT2D eigenvalue weighted by molar-refractivity contribution is -0.137. The number of alkyl halides is 3. The molecule has 1 aliphatic rings. The van der Waals surface area contributed by atoms with Gasteiger partial charge in [-0.3, -0.25) is 14.5 Å². The molecule has 4 nitrogen and oxygen atoms in total. The molecular weight excluding hydrogens is 457 g/mol. The molecule has 0 unspecified atom stereocenters. The molecule has 0 spiro atoms. The van der Waals surface area contributed by atoms with Crippen LogP contribution in [0.3, 0.4) is 0 Å². The number of nitrogens with one attached hydrogen (secondary N) is 1. The van der Waals surface area contributed by atoms with Crippen molar-refractivity contribution in [3.63, 3.8) is 0 Å². The SMILES string of the molecule is O=C(CCN1C(=O)/C(=C/c2ccc(Cl)cc2)SC1=S)Nc1ccccc1C(F)(F)F. The number of nitrogens with zero attached hydrogens (tertiary/aromatic N) is 1. The van der Waals surface area contributed by atoms with E-state index >= 15 is 0 Å². The third-order valence-corrected chi connectivity index (χ3v) is 5.74. The van der Waals surface area contributed by atoms with E-state index in [2.05, 4.69) is 5.32 Å². The first-order valence-corrected chi connectivity index (χ1v) is 10.2. The highest BCUT2D eigenvalue weighted by Crippen LogP contribution is 2.35. The maximum Gasteiger partial charge on any atom is 0.418 e. The molecule has 0 saturated carbocycles. The molecule has 0 aliphatic carbocycles. The Labute approximate surface area is 185 Å². The van der Waals surface area contributed by atoms with Gasteiger partial charge in [-0.15, -0.1) is 0 Å². The van der Waals surface area contributed by atoms with Crippen molar-refractivity contribution in [2.24, 2.45) is 0 Å². The van der Waals surface area contributed by atoms with Gasteiger partial charge in [0.1, 0.15) is 4.32 Å². The van der Waals surface area contributed by atoms with Crippen LogP contribution in [0.2, 0.25) is 5.02 Å². The summed E-state index contributed by atoms with van der Waals surface area (Å²) in [5.41, 5.74) is -0.501. The average Bonchev–Trinajstić information content (AvgIpc) is 2.94. The Kier molecular flexibility index (Phi) is 6.84. The number of benzene rings is 2. The Morgan fingerprint density at radius 2 is 1.83 bits per heavy atom. The molecule has 30 heavy (non-hydrogen) atoms. The molecule has 1 saturated heterocycles. The van der Waals surface area contributed by atoms with Crippen LogP contribution in [0.4, 0.5) is 18.9 Å². The van der Waals surface area contributed by atoms with E-state index in [1.165, 1.54) is 23.1 Å². The maximum atomic E-state index is 13.0. The number of hydrogen-bond acceptors (Lipinski definition) is 4. The van der Waals surface area contributed by atoms with Crippen LogP contribution in [-0.4, -0.2) is 27.6 Å². The van der Waals surface area contributed by atoms with Crippen molar-refractivity contribution in [1.82, 2.24) is 4.90 Å². The monoisotopic (exact) mass is 470 g/mol. The van der Waals surface area contributed by atoms with Crippen molar-refractivity contribution in [3.05, 3.63) is 69.6 Å². The molecule has 0 atom stereocenters. The van der Waals surface area contributed by atoms with E-state index in [-0.39, 0.29) is 28.9 Å². The summed E-state index contributed by atoms with van der Waals surface area (Å²) in [7, 11) is 0. The molecule has 156 valence electrons. The van der Waals surface area contributed by atoms with E-state index < -0.39 is 17.6 Å². The number of rotatable bonds is 5. The van der Waals surface area contributed by atoms with Gasteiger partial charge in [0, 0.05) is 18.0 Å². The molecule has 1 N–H and O–H groups in total. The van der Waals surface area contributed by atoms with Gasteiger partial charge in [0.25, 0.3) is 5.91 Å². The van der Waals surface area contributed by atoms with E-state index in [0.29, 0.717) is 9.93 Å². The fourth-order valence-corrected chi connectivity index (χ4v) is 4.10. The zero-order valence-electron chi connectivity index (χ0n) is 15.2. The normalized spacial score (nSPS) is 15.7. The number of anilines is 1. The van der Waals surface area contributed by atoms with Gasteiger partial charge in [-0.05, 0) is 35.9 Å². The van der Waals surface area contributed by atoms with E-state index in [1.807, 2.05) is 0 Å². The summed E-state index contributed by atoms with van der Waals surface area (Å²) in [5.74, 6) is -1.01. The minimum atomic E-state index is -4.59. The van der Waals surface area contributed by atoms with Crippen LogP contribution in [0.5, 0.6) is 0 Å². The van der Waals surface area contributed by atoms with Crippen LogP contribution in [0.1, 0.15) is 17.5 Å². The molecule has 1 heterocycles. The Hall–Kier alpha value is -2.36. The first-order valence-electron chi connectivity index (χ1n) is 8.62. The van der Waals surface area contributed by atoms with Gasteiger partial charge in [-0.25, -0.2) is 0 Å². The predicted octanol–water partition coefficient (Wildman–Crippen LogP) is 5.59. The summed E-state index contributed by atoms with van der Waals surface area (Å²) in [6.07, 6.45) is -3.13. The van der Waals surface area contributed by atoms with Crippen LogP contribution in [-0.2, 0) is 15.8 Å². The minimum Gasteiger partial charge on any atom is -0.325 e. The smallest absolute Gasteiger partial charge is 0.325 e. The van der Waals surface area contributed by atoms with Gasteiger partial charge in [-0.1, -0.05) is 59.8 Å². The Morgan fingerprint density at radius 1 is 1.17 bits per heavy atom. The zero-order valence-corrected chi connectivity index (χ0v) is 17.6. The first-order chi connectivity index (χ1) is 14.1. The van der Waals surface area contributed by atoms with Crippen molar-refractivity contribution in [2.45, 2.75) is 12.6 Å². The number of para-hydroxylation sites is 1. The lowest BCUT2D eigenvalue weighted by Crippen LogP contribution is -2.31. The number of thiocarbonyl (C=S) groups is 1. The highest BCUT2D eigenvalue weighted by atomic mass is 35.5. The Balaban J connectivity index is 1.63. The van der Waals surface area contributed by atoms with E-state index in [9.17, 15) is 22.8 Å². The summed E-state index contributed by atoms with van der Waals surface area (Å²) in [6.45, 7) is -0.0390. The molecule has 0 aromatic heterocycles. The molecule has 0 radical (unpaired) electrons. The third kappa shape index (κ3) is 5.41. The van der Waals surface area contributed by atoms with Gasteiger partial charge in [-0.2, -0.15) is 13.2 Å². The molecule has 2 aromatic rings. The molecule has 0 bridgehead atoms. The number of thioether (sulfide) groups is 1. The second-order valence-corrected chi connectivity index (χ2v) is 8.34. The van der Waals surface area contributed by atoms with E-state index in [0.717, 1.165) is 23.4 Å². The molecule has 1 aliphatic heterocycles. The van der Waals surface area contributed by atoms with Crippen molar-refractivity contribution >= 4 is 63.5 Å². The van der Waals surface area contributed by atoms with Gasteiger partial charge < -0.3 is 5.32 Å². The summed E-state index contributed by atoms with van der Waals surface area (Å²) < 4.78 is 39.4. The fourth-order valence-electron chi connectivity index (χ4n) is 2.67. The molecule has 2 amide bonds. The fraction of sp³-hybridized carbons (Fsp3) is 0.150. The van der Waals surface area contributed by atoms with Crippen LogP contribution in [0.15, 0.2) is 53.4 Å². The van der Waals surface area contributed by atoms with Crippen LogP contribution < -0.4 is 5.32 Å².